The fourth-order valence-electron chi connectivity index (χ4n) is 1.80. The molecule has 112 valence electrons. The molecule has 0 unspecified atom stereocenters. The van der Waals surface area contributed by atoms with Crippen LogP contribution in [0.3, 0.4) is 0 Å². The van der Waals surface area contributed by atoms with E-state index >= 15 is 0 Å². The molecule has 2 rings (SSSR count). The molecule has 6 heteroatoms. The minimum atomic E-state index is -3.53. The molecule has 0 aliphatic rings. The van der Waals surface area contributed by atoms with Crippen molar-refractivity contribution in [1.82, 2.24) is 14.9 Å². The van der Waals surface area contributed by atoms with Gasteiger partial charge in [0.25, 0.3) is 0 Å². The largest absolute Gasteiger partial charge is 0.240 e. The number of sulfonamides is 1. The Hall–Kier alpha value is -1.79. The van der Waals surface area contributed by atoms with E-state index in [9.17, 15) is 8.42 Å². The van der Waals surface area contributed by atoms with Crippen molar-refractivity contribution in [2.75, 3.05) is 0 Å². The summed E-state index contributed by atoms with van der Waals surface area (Å²) in [5.41, 5.74) is 2.49. The van der Waals surface area contributed by atoms with E-state index in [-0.39, 0.29) is 11.4 Å². The molecule has 0 fully saturated rings. The number of hydrogen-bond donors (Lipinski definition) is 1. The van der Waals surface area contributed by atoms with Crippen LogP contribution >= 0.6 is 0 Å². The first-order valence-electron chi connectivity index (χ1n) is 6.77. The number of nitrogens with zero attached hydrogens (tertiary/aromatic N) is 2. The van der Waals surface area contributed by atoms with Crippen molar-refractivity contribution in [1.29, 1.82) is 0 Å². The summed E-state index contributed by atoms with van der Waals surface area (Å²) in [5.74, 6) is 0.373. The van der Waals surface area contributed by atoms with Gasteiger partial charge in [0.15, 0.2) is 0 Å². The molecule has 0 spiro atoms. The third-order valence-corrected chi connectivity index (χ3v) is 4.57. The van der Waals surface area contributed by atoms with E-state index in [0.29, 0.717) is 11.6 Å². The van der Waals surface area contributed by atoms with Crippen LogP contribution in [0.2, 0.25) is 0 Å². The summed E-state index contributed by atoms with van der Waals surface area (Å²) < 4.78 is 26.9. The van der Waals surface area contributed by atoms with Crippen LogP contribution < -0.4 is 4.72 Å². The lowest BCUT2D eigenvalue weighted by Crippen LogP contribution is -2.23. The van der Waals surface area contributed by atoms with Crippen molar-refractivity contribution in [2.24, 2.45) is 0 Å². The van der Waals surface area contributed by atoms with Crippen LogP contribution in [0, 0.1) is 6.92 Å². The zero-order chi connectivity index (χ0) is 15.5. The molecule has 0 bridgehead atoms. The summed E-state index contributed by atoms with van der Waals surface area (Å²) in [6, 6.07) is 10.5. The molecule has 1 aromatic carbocycles. The van der Waals surface area contributed by atoms with Crippen molar-refractivity contribution < 1.29 is 8.42 Å². The van der Waals surface area contributed by atoms with Gasteiger partial charge in [-0.1, -0.05) is 26.0 Å². The maximum Gasteiger partial charge on any atom is 0.240 e. The number of benzene rings is 1. The number of nitrogens with one attached hydrogen (secondary N) is 1. The zero-order valence-electron chi connectivity index (χ0n) is 12.4. The van der Waals surface area contributed by atoms with Gasteiger partial charge < -0.3 is 0 Å². The van der Waals surface area contributed by atoms with Gasteiger partial charge in [-0.15, -0.1) is 0 Å². The topological polar surface area (TPSA) is 72.0 Å². The summed E-state index contributed by atoms with van der Waals surface area (Å²) in [4.78, 5) is 0.256. The average Bonchev–Trinajstić information content (AvgIpc) is 2.47. The second kappa shape index (κ2) is 6.32. The lowest BCUT2D eigenvalue weighted by Gasteiger charge is -2.09. The van der Waals surface area contributed by atoms with Crippen molar-refractivity contribution >= 4 is 10.0 Å². The smallest absolute Gasteiger partial charge is 0.207 e. The highest BCUT2D eigenvalue weighted by Gasteiger charge is 2.14. The van der Waals surface area contributed by atoms with Crippen molar-refractivity contribution in [3.8, 4) is 0 Å². The monoisotopic (exact) mass is 305 g/mol. The molecule has 5 nitrogen and oxygen atoms in total. The lowest BCUT2D eigenvalue weighted by molar-refractivity contribution is 0.580. The third kappa shape index (κ3) is 4.09. The molecular formula is C15H19N3O2S. The SMILES string of the molecule is Cc1ccc(CNS(=O)(=O)c2ccc(C(C)C)cc2)nn1. The lowest BCUT2D eigenvalue weighted by atomic mass is 10.0. The van der Waals surface area contributed by atoms with Crippen molar-refractivity contribution in [2.45, 2.75) is 38.1 Å². The number of hydrogen-bond acceptors (Lipinski definition) is 4. The van der Waals surface area contributed by atoms with E-state index < -0.39 is 10.0 Å². The van der Waals surface area contributed by atoms with Crippen LogP contribution in [0.25, 0.3) is 0 Å². The Morgan fingerprint density at radius 2 is 1.71 bits per heavy atom. The van der Waals surface area contributed by atoms with E-state index in [2.05, 4.69) is 28.8 Å². The minimum absolute atomic E-state index is 0.127. The zero-order valence-corrected chi connectivity index (χ0v) is 13.2. The van der Waals surface area contributed by atoms with Gasteiger partial charge in [-0.05, 0) is 42.7 Å². The Morgan fingerprint density at radius 1 is 1.05 bits per heavy atom. The van der Waals surface area contributed by atoms with Gasteiger partial charge in [-0.3, -0.25) is 0 Å². The van der Waals surface area contributed by atoms with Gasteiger partial charge in [0.05, 0.1) is 22.8 Å². The highest BCUT2D eigenvalue weighted by Crippen LogP contribution is 2.17. The molecule has 21 heavy (non-hydrogen) atoms. The van der Waals surface area contributed by atoms with Gasteiger partial charge in [-0.25, -0.2) is 13.1 Å². The Kier molecular flexibility index (Phi) is 4.69. The van der Waals surface area contributed by atoms with Crippen LogP contribution in [-0.4, -0.2) is 18.6 Å². The first kappa shape index (κ1) is 15.6. The van der Waals surface area contributed by atoms with E-state index in [1.807, 2.05) is 19.1 Å². The highest BCUT2D eigenvalue weighted by atomic mass is 32.2. The van der Waals surface area contributed by atoms with E-state index in [1.165, 1.54) is 0 Å². The number of aromatic nitrogens is 2. The van der Waals surface area contributed by atoms with Gasteiger partial charge in [0.1, 0.15) is 0 Å². The van der Waals surface area contributed by atoms with E-state index in [4.69, 9.17) is 0 Å². The van der Waals surface area contributed by atoms with E-state index in [0.717, 1.165) is 11.3 Å². The van der Waals surface area contributed by atoms with Gasteiger partial charge >= 0.3 is 0 Å². The first-order chi connectivity index (χ1) is 9.88. The molecule has 0 saturated carbocycles. The summed E-state index contributed by atoms with van der Waals surface area (Å²) >= 11 is 0. The molecule has 0 radical (unpaired) electrons. The molecule has 0 aliphatic carbocycles. The minimum Gasteiger partial charge on any atom is -0.207 e. The number of aryl methyl sites for hydroxylation is 1. The second-order valence-corrected chi connectivity index (χ2v) is 6.98. The molecule has 1 heterocycles. The Labute approximate surface area is 125 Å². The Bertz CT molecular complexity index is 693. The molecule has 1 aromatic heterocycles. The van der Waals surface area contributed by atoms with Crippen LogP contribution in [0.4, 0.5) is 0 Å². The first-order valence-corrected chi connectivity index (χ1v) is 8.25. The Balaban J connectivity index is 2.09. The predicted molar refractivity (Wildman–Crippen MR) is 81.3 cm³/mol. The standard InChI is InChI=1S/C15H19N3O2S/c1-11(2)13-5-8-15(9-6-13)21(19,20)16-10-14-7-4-12(3)17-18-14/h4-9,11,16H,10H2,1-3H3. The predicted octanol–water partition coefficient (Wildman–Crippen LogP) is 2.39. The maximum absolute atomic E-state index is 12.2. The molecule has 0 atom stereocenters. The summed E-state index contributed by atoms with van der Waals surface area (Å²) in [6.45, 7) is 6.09. The molecule has 0 amide bonds. The molecule has 0 aliphatic heterocycles. The third-order valence-electron chi connectivity index (χ3n) is 3.15. The number of rotatable bonds is 5. The van der Waals surface area contributed by atoms with Crippen LogP contribution in [-0.2, 0) is 16.6 Å². The fraction of sp³-hybridized carbons (Fsp3) is 0.333. The summed E-state index contributed by atoms with van der Waals surface area (Å²) in [5, 5.41) is 7.83. The van der Waals surface area contributed by atoms with Crippen molar-refractivity contribution in [3.05, 3.63) is 53.3 Å². The summed E-state index contributed by atoms with van der Waals surface area (Å²) in [6.07, 6.45) is 0. The molecule has 2 aromatic rings. The molecule has 0 saturated heterocycles. The maximum atomic E-state index is 12.2. The van der Waals surface area contributed by atoms with Gasteiger partial charge in [0.2, 0.25) is 10.0 Å². The average molecular weight is 305 g/mol. The second-order valence-electron chi connectivity index (χ2n) is 5.21. The van der Waals surface area contributed by atoms with Gasteiger partial charge in [0, 0.05) is 0 Å². The molecule has 1 N–H and O–H groups in total. The quantitative estimate of drug-likeness (QED) is 0.920. The molecular weight excluding hydrogens is 286 g/mol. The Morgan fingerprint density at radius 3 is 2.24 bits per heavy atom. The van der Waals surface area contributed by atoms with E-state index in [1.54, 1.807) is 24.3 Å². The fourth-order valence-corrected chi connectivity index (χ4v) is 2.80. The summed E-state index contributed by atoms with van der Waals surface area (Å²) in [7, 11) is -3.53. The van der Waals surface area contributed by atoms with Crippen LogP contribution in [0.1, 0.15) is 36.7 Å². The highest BCUT2D eigenvalue weighted by molar-refractivity contribution is 7.89. The van der Waals surface area contributed by atoms with Crippen LogP contribution in [0.15, 0.2) is 41.3 Å². The van der Waals surface area contributed by atoms with Crippen LogP contribution in [0.5, 0.6) is 0 Å². The normalized spacial score (nSPS) is 11.8. The van der Waals surface area contributed by atoms with Gasteiger partial charge in [-0.2, -0.15) is 10.2 Å². The van der Waals surface area contributed by atoms with Crippen molar-refractivity contribution in [3.63, 3.8) is 0 Å².